The summed E-state index contributed by atoms with van der Waals surface area (Å²) in [5.74, 6) is -2.17. The van der Waals surface area contributed by atoms with Crippen molar-refractivity contribution in [2.24, 2.45) is 0 Å². The van der Waals surface area contributed by atoms with Crippen molar-refractivity contribution in [1.29, 1.82) is 0 Å². The molecule has 0 spiro atoms. The molecule has 3 atom stereocenters. The SMILES string of the molecule is COC1(OC)[C@H](O)[C@@H](CO)O[C@]1(n1cnc2c(=O)[nH]c(N)nc21)C(c1ccccc1)(c1ccccc1)c1ccccc1. The molecule has 216 valence electrons. The van der Waals surface area contributed by atoms with Crippen molar-refractivity contribution >= 4 is 17.1 Å². The van der Waals surface area contributed by atoms with Crippen LogP contribution in [0.3, 0.4) is 0 Å². The lowest BCUT2D eigenvalue weighted by Gasteiger charge is -2.55. The predicted octanol–water partition coefficient (Wildman–Crippen LogP) is 2.13. The Morgan fingerprint density at radius 2 is 1.45 bits per heavy atom. The average Bonchev–Trinajstić information content (AvgIpc) is 3.56. The number of hydrogen-bond donors (Lipinski definition) is 4. The lowest BCUT2D eigenvalue weighted by atomic mass is 9.59. The van der Waals surface area contributed by atoms with Crippen molar-refractivity contribution in [3.8, 4) is 0 Å². The first-order chi connectivity index (χ1) is 20.4. The highest BCUT2D eigenvalue weighted by Crippen LogP contribution is 2.62. The molecule has 3 aromatic carbocycles. The van der Waals surface area contributed by atoms with E-state index in [1.54, 1.807) is 0 Å². The second kappa shape index (κ2) is 10.5. The molecule has 1 saturated heterocycles. The minimum absolute atomic E-state index is 0.0155. The fraction of sp³-hybridized carbons (Fsp3) is 0.258. The number of imidazole rings is 1. The van der Waals surface area contributed by atoms with Gasteiger partial charge >= 0.3 is 0 Å². The van der Waals surface area contributed by atoms with Crippen molar-refractivity contribution in [1.82, 2.24) is 19.5 Å². The van der Waals surface area contributed by atoms with Crippen LogP contribution in [0.1, 0.15) is 16.7 Å². The number of H-pyrrole nitrogens is 1. The van der Waals surface area contributed by atoms with Gasteiger partial charge in [-0.15, -0.1) is 0 Å². The van der Waals surface area contributed by atoms with Crippen molar-refractivity contribution in [2.75, 3.05) is 26.6 Å². The number of hydrogen-bond acceptors (Lipinski definition) is 9. The van der Waals surface area contributed by atoms with Gasteiger partial charge < -0.3 is 30.2 Å². The van der Waals surface area contributed by atoms with E-state index in [1.807, 2.05) is 91.0 Å². The molecule has 0 aliphatic carbocycles. The van der Waals surface area contributed by atoms with Crippen LogP contribution >= 0.6 is 0 Å². The van der Waals surface area contributed by atoms with Gasteiger partial charge in [-0.2, -0.15) is 4.98 Å². The van der Waals surface area contributed by atoms with E-state index in [9.17, 15) is 15.0 Å². The number of aromatic nitrogens is 4. The van der Waals surface area contributed by atoms with E-state index in [1.165, 1.54) is 25.1 Å². The molecule has 5 N–H and O–H groups in total. The van der Waals surface area contributed by atoms with E-state index in [0.717, 1.165) is 16.7 Å². The molecular weight excluding hydrogens is 538 g/mol. The Morgan fingerprint density at radius 1 is 0.952 bits per heavy atom. The molecule has 0 radical (unpaired) electrons. The van der Waals surface area contributed by atoms with Gasteiger partial charge in [0.15, 0.2) is 11.2 Å². The first-order valence-corrected chi connectivity index (χ1v) is 13.4. The van der Waals surface area contributed by atoms with Gasteiger partial charge in [-0.3, -0.25) is 14.3 Å². The summed E-state index contributed by atoms with van der Waals surface area (Å²) in [6, 6.07) is 28.7. The third-order valence-corrected chi connectivity index (χ3v) is 8.22. The Labute approximate surface area is 241 Å². The maximum atomic E-state index is 13.0. The Hall–Kier alpha value is -4.39. The number of fused-ring (bicyclic) bond motifs is 1. The van der Waals surface area contributed by atoms with Gasteiger partial charge in [0.25, 0.3) is 5.56 Å². The number of anilines is 1. The number of ether oxygens (including phenoxy) is 3. The van der Waals surface area contributed by atoms with Crippen LogP contribution in [0.25, 0.3) is 11.2 Å². The van der Waals surface area contributed by atoms with E-state index in [2.05, 4.69) is 15.0 Å². The highest BCUT2D eigenvalue weighted by molar-refractivity contribution is 5.72. The fourth-order valence-corrected chi connectivity index (χ4v) is 6.61. The molecule has 5 aromatic rings. The van der Waals surface area contributed by atoms with E-state index >= 15 is 0 Å². The first-order valence-electron chi connectivity index (χ1n) is 13.4. The summed E-state index contributed by atoms with van der Waals surface area (Å²) in [5, 5.41) is 22.5. The Balaban J connectivity index is 1.93. The molecule has 1 fully saturated rings. The van der Waals surface area contributed by atoms with Crippen LogP contribution < -0.4 is 11.3 Å². The summed E-state index contributed by atoms with van der Waals surface area (Å²) in [7, 11) is 2.79. The van der Waals surface area contributed by atoms with Crippen LogP contribution in [0.4, 0.5) is 5.95 Å². The lowest BCUT2D eigenvalue weighted by Crippen LogP contribution is -2.69. The molecule has 0 amide bonds. The maximum Gasteiger partial charge on any atom is 0.280 e. The third-order valence-electron chi connectivity index (χ3n) is 8.22. The number of nitrogens with zero attached hydrogens (tertiary/aromatic N) is 3. The molecule has 0 unspecified atom stereocenters. The minimum Gasteiger partial charge on any atom is -0.394 e. The highest BCUT2D eigenvalue weighted by Gasteiger charge is 2.78. The van der Waals surface area contributed by atoms with Crippen LogP contribution in [0.2, 0.25) is 0 Å². The zero-order valence-electron chi connectivity index (χ0n) is 23.0. The number of rotatable bonds is 8. The largest absolute Gasteiger partial charge is 0.394 e. The monoisotopic (exact) mass is 569 g/mol. The summed E-state index contributed by atoms with van der Waals surface area (Å²) in [4.78, 5) is 24.4. The molecule has 11 heteroatoms. The molecule has 2 aromatic heterocycles. The van der Waals surface area contributed by atoms with Gasteiger partial charge in [0.05, 0.1) is 18.3 Å². The standard InChI is InChI=1S/C31H31N5O6/c1-40-30(41-2)25(38)23(18-37)42-31(30,36-19-33-24-26(36)34-28(32)35-27(24)39)29(20-12-6-3-7-13-20,21-14-8-4-9-15-21)22-16-10-5-11-17-22/h3-17,19,23,25,37-38H,18H2,1-2H3,(H3,32,34,35,39)/t23-,25-,31-/m1/s1. The topological polar surface area (TPSA) is 158 Å². The summed E-state index contributed by atoms with van der Waals surface area (Å²) < 4.78 is 20.9. The molecule has 0 bridgehead atoms. The highest BCUT2D eigenvalue weighted by atomic mass is 16.7. The smallest absolute Gasteiger partial charge is 0.280 e. The molecule has 3 heterocycles. The summed E-state index contributed by atoms with van der Waals surface area (Å²) in [6.07, 6.45) is -1.32. The van der Waals surface area contributed by atoms with Gasteiger partial charge in [0.2, 0.25) is 17.5 Å². The predicted molar refractivity (Wildman–Crippen MR) is 154 cm³/mol. The van der Waals surface area contributed by atoms with Crippen molar-refractivity contribution in [3.05, 3.63) is 124 Å². The number of nitrogens with one attached hydrogen (secondary N) is 1. The molecule has 1 aliphatic rings. The second-order valence-corrected chi connectivity index (χ2v) is 10.1. The number of benzene rings is 3. The minimum atomic E-state index is -2.02. The second-order valence-electron chi connectivity index (χ2n) is 10.1. The number of methoxy groups -OCH3 is 2. The Bertz CT molecular complexity index is 1640. The molecular formula is C31H31N5O6. The Kier molecular flexibility index (Phi) is 6.92. The van der Waals surface area contributed by atoms with Crippen LogP contribution in [0.5, 0.6) is 0 Å². The number of nitrogens with two attached hydrogens (primary N) is 1. The van der Waals surface area contributed by atoms with Crippen molar-refractivity contribution in [3.63, 3.8) is 0 Å². The normalized spacial score (nSPS) is 22.0. The number of nitrogen functional groups attached to an aromatic ring is 1. The third kappa shape index (κ3) is 3.55. The molecule has 1 aliphatic heterocycles. The Morgan fingerprint density at radius 3 is 1.90 bits per heavy atom. The number of aromatic amines is 1. The maximum absolute atomic E-state index is 13.0. The van der Waals surface area contributed by atoms with E-state index in [4.69, 9.17) is 19.9 Å². The molecule has 11 nitrogen and oxygen atoms in total. The van der Waals surface area contributed by atoms with E-state index in [-0.39, 0.29) is 17.1 Å². The lowest BCUT2D eigenvalue weighted by molar-refractivity contribution is -0.337. The van der Waals surface area contributed by atoms with Crippen LogP contribution in [0.15, 0.2) is 102 Å². The van der Waals surface area contributed by atoms with Crippen molar-refractivity contribution < 1.29 is 24.4 Å². The van der Waals surface area contributed by atoms with Gasteiger partial charge in [-0.1, -0.05) is 91.0 Å². The molecule has 0 saturated carbocycles. The summed E-state index contributed by atoms with van der Waals surface area (Å²) in [6.45, 7) is -0.575. The van der Waals surface area contributed by atoms with E-state index in [0.29, 0.717) is 0 Å². The van der Waals surface area contributed by atoms with Gasteiger partial charge in [0, 0.05) is 14.2 Å². The number of aliphatic hydroxyl groups is 2. The van der Waals surface area contributed by atoms with Crippen LogP contribution in [-0.4, -0.2) is 68.6 Å². The molecule has 42 heavy (non-hydrogen) atoms. The summed E-state index contributed by atoms with van der Waals surface area (Å²) in [5.41, 5.74) is 4.36. The zero-order valence-corrected chi connectivity index (χ0v) is 23.0. The number of aliphatic hydroxyl groups excluding tert-OH is 2. The molecule has 6 rings (SSSR count). The zero-order chi connectivity index (χ0) is 29.5. The van der Waals surface area contributed by atoms with Crippen molar-refractivity contribution in [2.45, 2.75) is 29.1 Å². The fourth-order valence-electron chi connectivity index (χ4n) is 6.61. The van der Waals surface area contributed by atoms with Gasteiger partial charge in [0.1, 0.15) is 12.2 Å². The van der Waals surface area contributed by atoms with Gasteiger partial charge in [-0.25, -0.2) is 4.98 Å². The average molecular weight is 570 g/mol. The quantitative estimate of drug-likeness (QED) is 0.162. The van der Waals surface area contributed by atoms with E-state index < -0.39 is 41.3 Å². The first kappa shape index (κ1) is 27.8. The van der Waals surface area contributed by atoms with Crippen LogP contribution in [-0.2, 0) is 25.4 Å². The van der Waals surface area contributed by atoms with Gasteiger partial charge in [-0.05, 0) is 16.7 Å². The summed E-state index contributed by atoms with van der Waals surface area (Å²) >= 11 is 0. The van der Waals surface area contributed by atoms with Crippen LogP contribution in [0, 0.1) is 0 Å².